The van der Waals surface area contributed by atoms with E-state index in [-0.39, 0.29) is 19.1 Å². The van der Waals surface area contributed by atoms with Crippen LogP contribution in [0.4, 0.5) is 0 Å². The average Bonchev–Trinajstić information content (AvgIpc) is 3.06. The summed E-state index contributed by atoms with van der Waals surface area (Å²) in [5.41, 5.74) is 0. The summed E-state index contributed by atoms with van der Waals surface area (Å²) in [6, 6.07) is -0.886. The standard InChI is InChI=1S/C41H81N2O6P/c1-6-8-10-12-14-16-18-20-22-24-26-28-30-32-34-40(44)39(38-49-50(46,47)48-37-36-43(3,4)5)42-41(45)35-33-31-29-27-25-23-21-19-17-15-13-11-9-7-2/h19,21,32,34,39-40,44H,6-18,20,22-31,33,35-38H2,1-5H3,(H-,42,45,46,47)/b21-19+,34-32+/t39-,40+/m0/s1. The number of carbonyl (C=O) groups is 1. The normalized spacial score (nSPS) is 14.8. The highest BCUT2D eigenvalue weighted by atomic mass is 31.2. The lowest BCUT2D eigenvalue weighted by Crippen LogP contribution is -2.45. The maximum absolute atomic E-state index is 12.8. The molecule has 0 aromatic carbocycles. The third kappa shape index (κ3) is 35.4. The molecule has 8 nitrogen and oxygen atoms in total. The number of aliphatic hydroxyl groups is 1. The first-order chi connectivity index (χ1) is 24.0. The van der Waals surface area contributed by atoms with E-state index in [4.69, 9.17) is 9.05 Å². The summed E-state index contributed by atoms with van der Waals surface area (Å²) in [4.78, 5) is 25.2. The van der Waals surface area contributed by atoms with Gasteiger partial charge in [0.05, 0.1) is 39.9 Å². The maximum Gasteiger partial charge on any atom is 0.268 e. The summed E-state index contributed by atoms with van der Waals surface area (Å²) in [6.07, 6.45) is 37.8. The Kier molecular flexibility index (Phi) is 33.1. The summed E-state index contributed by atoms with van der Waals surface area (Å²) >= 11 is 0. The molecule has 1 unspecified atom stereocenters. The summed E-state index contributed by atoms with van der Waals surface area (Å²) < 4.78 is 23.1. The fourth-order valence-corrected chi connectivity index (χ4v) is 6.52. The van der Waals surface area contributed by atoms with E-state index in [1.54, 1.807) is 6.08 Å². The third-order valence-corrected chi connectivity index (χ3v) is 10.1. The van der Waals surface area contributed by atoms with Crippen LogP contribution in [0.1, 0.15) is 181 Å². The number of aliphatic hydroxyl groups excluding tert-OH is 1. The predicted octanol–water partition coefficient (Wildman–Crippen LogP) is 10.3. The Labute approximate surface area is 309 Å². The zero-order valence-electron chi connectivity index (χ0n) is 33.4. The van der Waals surface area contributed by atoms with Gasteiger partial charge < -0.3 is 28.8 Å². The second-order valence-corrected chi connectivity index (χ2v) is 16.8. The topological polar surface area (TPSA) is 108 Å². The van der Waals surface area contributed by atoms with Crippen molar-refractivity contribution in [2.24, 2.45) is 0 Å². The Morgan fingerprint density at radius 1 is 0.680 bits per heavy atom. The Bertz CT molecular complexity index is 876. The van der Waals surface area contributed by atoms with Crippen molar-refractivity contribution in [2.75, 3.05) is 40.9 Å². The second-order valence-electron chi connectivity index (χ2n) is 15.3. The van der Waals surface area contributed by atoms with Crippen LogP contribution in [0.25, 0.3) is 0 Å². The number of rotatable bonds is 37. The highest BCUT2D eigenvalue weighted by Crippen LogP contribution is 2.38. The van der Waals surface area contributed by atoms with Crippen LogP contribution in [-0.4, -0.2) is 68.5 Å². The first kappa shape index (κ1) is 49.0. The predicted molar refractivity (Wildman–Crippen MR) is 210 cm³/mol. The molecule has 2 N–H and O–H groups in total. The molecule has 0 rings (SSSR count). The summed E-state index contributed by atoms with van der Waals surface area (Å²) in [6.45, 7) is 4.62. The molecule has 0 heterocycles. The van der Waals surface area contributed by atoms with Gasteiger partial charge in [0.1, 0.15) is 13.2 Å². The number of carbonyl (C=O) groups excluding carboxylic acids is 1. The Balaban J connectivity index is 4.50. The molecule has 3 atom stereocenters. The lowest BCUT2D eigenvalue weighted by atomic mass is 10.0. The van der Waals surface area contributed by atoms with E-state index in [2.05, 4.69) is 31.3 Å². The van der Waals surface area contributed by atoms with Gasteiger partial charge in [-0.25, -0.2) is 0 Å². The van der Waals surface area contributed by atoms with Gasteiger partial charge in [-0.1, -0.05) is 154 Å². The minimum atomic E-state index is -4.58. The maximum atomic E-state index is 12.8. The zero-order chi connectivity index (χ0) is 37.2. The number of likely N-dealkylation sites (N-methyl/N-ethyl adjacent to an activating group) is 1. The number of hydrogen-bond donors (Lipinski definition) is 2. The van der Waals surface area contributed by atoms with Crippen molar-refractivity contribution in [2.45, 2.75) is 193 Å². The number of phosphoric acid groups is 1. The number of phosphoric ester groups is 1. The number of quaternary nitrogens is 1. The number of unbranched alkanes of at least 4 members (excludes halogenated alkanes) is 22. The molecule has 0 radical (unpaired) electrons. The first-order valence-electron chi connectivity index (χ1n) is 20.7. The molecule has 0 aromatic heterocycles. The van der Waals surface area contributed by atoms with Crippen molar-refractivity contribution in [3.63, 3.8) is 0 Å². The first-order valence-corrected chi connectivity index (χ1v) is 22.2. The lowest BCUT2D eigenvalue weighted by Gasteiger charge is -2.29. The molecule has 0 bridgehead atoms. The van der Waals surface area contributed by atoms with E-state index in [9.17, 15) is 19.4 Å². The Morgan fingerprint density at radius 3 is 1.56 bits per heavy atom. The summed E-state index contributed by atoms with van der Waals surface area (Å²) in [5, 5.41) is 13.7. The number of hydrogen-bond acceptors (Lipinski definition) is 6. The van der Waals surface area contributed by atoms with Crippen LogP contribution < -0.4 is 10.2 Å². The number of amides is 1. The van der Waals surface area contributed by atoms with Crippen molar-refractivity contribution in [3.05, 3.63) is 24.3 Å². The van der Waals surface area contributed by atoms with E-state index in [1.165, 1.54) is 109 Å². The molecule has 9 heteroatoms. The van der Waals surface area contributed by atoms with Crippen molar-refractivity contribution in [1.29, 1.82) is 0 Å². The van der Waals surface area contributed by atoms with Gasteiger partial charge in [0.25, 0.3) is 7.82 Å². The van der Waals surface area contributed by atoms with Crippen LogP contribution >= 0.6 is 7.82 Å². The molecule has 0 aliphatic rings. The van der Waals surface area contributed by atoms with E-state index in [1.807, 2.05) is 27.2 Å². The van der Waals surface area contributed by atoms with E-state index >= 15 is 0 Å². The van der Waals surface area contributed by atoms with Crippen molar-refractivity contribution in [1.82, 2.24) is 5.32 Å². The van der Waals surface area contributed by atoms with E-state index in [0.717, 1.165) is 51.4 Å². The molecular formula is C41H81N2O6P. The highest BCUT2D eigenvalue weighted by molar-refractivity contribution is 7.45. The molecule has 0 fully saturated rings. The van der Waals surface area contributed by atoms with Gasteiger partial charge in [-0.05, 0) is 44.9 Å². The largest absolute Gasteiger partial charge is 0.756 e. The molecule has 0 spiro atoms. The van der Waals surface area contributed by atoms with Crippen molar-refractivity contribution >= 4 is 13.7 Å². The number of allylic oxidation sites excluding steroid dienone is 3. The van der Waals surface area contributed by atoms with Crippen LogP contribution in [0.5, 0.6) is 0 Å². The van der Waals surface area contributed by atoms with Crippen molar-refractivity contribution in [3.8, 4) is 0 Å². The van der Waals surface area contributed by atoms with Crippen LogP contribution in [0.3, 0.4) is 0 Å². The molecule has 0 aromatic rings. The van der Waals surface area contributed by atoms with Crippen LogP contribution in [0, 0.1) is 0 Å². The minimum absolute atomic E-state index is 0.00177. The fourth-order valence-electron chi connectivity index (χ4n) is 5.79. The molecule has 0 aliphatic carbocycles. The smallest absolute Gasteiger partial charge is 0.268 e. The summed E-state index contributed by atoms with van der Waals surface area (Å²) in [7, 11) is 1.26. The second kappa shape index (κ2) is 33.8. The highest BCUT2D eigenvalue weighted by Gasteiger charge is 2.23. The molecule has 0 aliphatic heterocycles. The molecule has 0 saturated carbocycles. The minimum Gasteiger partial charge on any atom is -0.756 e. The SMILES string of the molecule is CCCCCCC/C=C/CCCCCCCC(=O)N[C@@H](COP(=O)([O-])OCC[N+](C)(C)C)[C@H](O)/C=C/CCCCCCCCCCCCCC. The molecule has 1 amide bonds. The monoisotopic (exact) mass is 729 g/mol. The van der Waals surface area contributed by atoms with Crippen LogP contribution in [0.2, 0.25) is 0 Å². The number of nitrogens with one attached hydrogen (secondary N) is 1. The van der Waals surface area contributed by atoms with Gasteiger partial charge in [0.15, 0.2) is 0 Å². The third-order valence-electron chi connectivity index (χ3n) is 9.16. The van der Waals surface area contributed by atoms with Gasteiger partial charge in [0, 0.05) is 6.42 Å². The average molecular weight is 729 g/mol. The van der Waals surface area contributed by atoms with Gasteiger partial charge in [-0.2, -0.15) is 0 Å². The Hall–Kier alpha value is -1.02. The van der Waals surface area contributed by atoms with E-state index in [0.29, 0.717) is 17.4 Å². The molecule has 0 saturated heterocycles. The van der Waals surface area contributed by atoms with Gasteiger partial charge >= 0.3 is 0 Å². The fraction of sp³-hybridized carbons (Fsp3) is 0.878. The molecular weight excluding hydrogens is 647 g/mol. The summed E-state index contributed by atoms with van der Waals surface area (Å²) in [5.74, 6) is -0.208. The Morgan fingerprint density at radius 2 is 1.10 bits per heavy atom. The van der Waals surface area contributed by atoms with Gasteiger partial charge in [-0.3, -0.25) is 9.36 Å². The van der Waals surface area contributed by atoms with Crippen LogP contribution in [-0.2, 0) is 18.4 Å². The van der Waals surface area contributed by atoms with Crippen LogP contribution in [0.15, 0.2) is 24.3 Å². The lowest BCUT2D eigenvalue weighted by molar-refractivity contribution is -0.870. The van der Waals surface area contributed by atoms with Gasteiger partial charge in [0.2, 0.25) is 5.91 Å². The number of nitrogens with zero attached hydrogens (tertiary/aromatic N) is 1. The molecule has 296 valence electrons. The van der Waals surface area contributed by atoms with Gasteiger partial charge in [-0.15, -0.1) is 0 Å². The van der Waals surface area contributed by atoms with E-state index < -0.39 is 20.0 Å². The quantitative estimate of drug-likeness (QED) is 0.0285. The van der Waals surface area contributed by atoms with Crippen molar-refractivity contribution < 1.29 is 32.9 Å². The molecule has 50 heavy (non-hydrogen) atoms. The zero-order valence-corrected chi connectivity index (χ0v) is 34.2.